The van der Waals surface area contributed by atoms with Gasteiger partial charge in [-0.15, -0.1) is 0 Å². The van der Waals surface area contributed by atoms with Gasteiger partial charge in [0.15, 0.2) is 0 Å². The van der Waals surface area contributed by atoms with Gasteiger partial charge in [0.25, 0.3) is 0 Å². The largest absolute Gasteiger partial charge is 0.456 e. The lowest BCUT2D eigenvalue weighted by Crippen LogP contribution is -2.13. The van der Waals surface area contributed by atoms with Gasteiger partial charge in [0.2, 0.25) is 0 Å². The molecule has 0 atom stereocenters. The van der Waals surface area contributed by atoms with Crippen LogP contribution in [-0.2, 0) is 6.18 Å². The molecule has 0 spiro atoms. The molecule has 2 aromatic carbocycles. The molecule has 0 amide bonds. The summed E-state index contributed by atoms with van der Waals surface area (Å²) in [6, 6.07) is 8.98. The molecule has 0 aliphatic heterocycles. The topological polar surface area (TPSA) is 59.1 Å². The molecule has 0 bridgehead atoms. The minimum absolute atomic E-state index is 0.00769. The maximum atomic E-state index is 12.9. The maximum absolute atomic E-state index is 12.9. The van der Waals surface area contributed by atoms with E-state index < -0.39 is 11.7 Å². The fraction of sp³-hybridized carbons (Fsp3) is 0.0714. The van der Waals surface area contributed by atoms with Gasteiger partial charge in [-0.05, 0) is 24.3 Å². The molecule has 0 unspecified atom stereocenters. The lowest BCUT2D eigenvalue weighted by molar-refractivity contribution is -0.138. The van der Waals surface area contributed by atoms with Gasteiger partial charge < -0.3 is 10.5 Å². The summed E-state index contributed by atoms with van der Waals surface area (Å²) in [5, 5.41) is 7.68. The number of hydrogen-bond acceptors (Lipinski definition) is 2. The Hall–Kier alpha value is -2.21. The molecule has 0 saturated heterocycles. The van der Waals surface area contributed by atoms with Gasteiger partial charge in [-0.3, -0.25) is 5.41 Å². The number of nitrogen functional groups attached to an aromatic ring is 1. The molecule has 0 saturated carbocycles. The van der Waals surface area contributed by atoms with E-state index in [1.165, 1.54) is 36.4 Å². The molecular weight excluding hydrogens is 305 g/mol. The second-order valence-electron chi connectivity index (χ2n) is 4.15. The second kappa shape index (κ2) is 5.65. The zero-order chi connectivity index (χ0) is 15.6. The summed E-state index contributed by atoms with van der Waals surface area (Å²) in [7, 11) is 0. The van der Waals surface area contributed by atoms with Crippen LogP contribution in [0.15, 0.2) is 42.5 Å². The number of amidine groups is 1. The number of halogens is 4. The second-order valence-corrected chi connectivity index (χ2v) is 4.59. The number of alkyl halides is 3. The van der Waals surface area contributed by atoms with Crippen molar-refractivity contribution in [1.29, 1.82) is 5.41 Å². The summed E-state index contributed by atoms with van der Waals surface area (Å²) >= 11 is 5.80. The molecule has 0 aliphatic rings. The third kappa shape index (κ3) is 3.46. The molecule has 2 rings (SSSR count). The normalized spacial score (nSPS) is 11.2. The van der Waals surface area contributed by atoms with E-state index in [4.69, 9.17) is 27.5 Å². The van der Waals surface area contributed by atoms with Crippen molar-refractivity contribution >= 4 is 17.4 Å². The van der Waals surface area contributed by atoms with Gasteiger partial charge in [-0.25, -0.2) is 0 Å². The first-order valence-electron chi connectivity index (χ1n) is 5.77. The lowest BCUT2D eigenvalue weighted by Gasteiger charge is -2.15. The van der Waals surface area contributed by atoms with Crippen molar-refractivity contribution in [3.05, 3.63) is 58.6 Å². The predicted molar refractivity (Wildman–Crippen MR) is 74.0 cm³/mol. The van der Waals surface area contributed by atoms with E-state index in [9.17, 15) is 13.2 Å². The molecule has 0 aliphatic carbocycles. The van der Waals surface area contributed by atoms with E-state index in [2.05, 4.69) is 0 Å². The minimum atomic E-state index is -4.55. The Morgan fingerprint density at radius 1 is 1.10 bits per heavy atom. The Morgan fingerprint density at radius 2 is 1.76 bits per heavy atom. The third-order valence-electron chi connectivity index (χ3n) is 2.65. The first-order chi connectivity index (χ1) is 9.79. The van der Waals surface area contributed by atoms with E-state index in [0.717, 1.165) is 6.07 Å². The van der Waals surface area contributed by atoms with Crippen LogP contribution in [0.25, 0.3) is 0 Å². The van der Waals surface area contributed by atoms with Crippen LogP contribution in [0.1, 0.15) is 11.1 Å². The van der Waals surface area contributed by atoms with Gasteiger partial charge in [-0.1, -0.05) is 23.7 Å². The molecule has 0 fully saturated rings. The molecule has 0 aromatic heterocycles. The van der Waals surface area contributed by atoms with Crippen molar-refractivity contribution in [3.63, 3.8) is 0 Å². The minimum Gasteiger partial charge on any atom is -0.456 e. The summed E-state index contributed by atoms with van der Waals surface area (Å²) in [4.78, 5) is 0. The highest BCUT2D eigenvalue weighted by Crippen LogP contribution is 2.38. The quantitative estimate of drug-likeness (QED) is 0.650. The Labute approximate surface area is 123 Å². The van der Waals surface area contributed by atoms with E-state index in [1.807, 2.05) is 0 Å². The van der Waals surface area contributed by atoms with E-state index >= 15 is 0 Å². The molecule has 3 nitrogen and oxygen atoms in total. The van der Waals surface area contributed by atoms with Crippen LogP contribution < -0.4 is 10.5 Å². The van der Waals surface area contributed by atoms with Crippen LogP contribution in [0.3, 0.4) is 0 Å². The fourth-order valence-electron chi connectivity index (χ4n) is 1.71. The van der Waals surface area contributed by atoms with Gasteiger partial charge >= 0.3 is 6.18 Å². The average Bonchev–Trinajstić information content (AvgIpc) is 2.37. The number of ether oxygens (including phenoxy) is 1. The fourth-order valence-corrected chi connectivity index (χ4v) is 1.87. The van der Waals surface area contributed by atoms with E-state index in [0.29, 0.717) is 0 Å². The summed E-state index contributed by atoms with van der Waals surface area (Å²) in [6.45, 7) is 0. The number of hydrogen-bond donors (Lipinski definition) is 2. The van der Waals surface area contributed by atoms with Gasteiger partial charge in [0.05, 0.1) is 11.1 Å². The monoisotopic (exact) mass is 314 g/mol. The molecule has 110 valence electrons. The highest BCUT2D eigenvalue weighted by molar-refractivity contribution is 6.30. The van der Waals surface area contributed by atoms with Crippen molar-refractivity contribution in [2.24, 2.45) is 5.73 Å². The molecule has 3 N–H and O–H groups in total. The predicted octanol–water partition coefficient (Wildman–Crippen LogP) is 4.44. The summed E-state index contributed by atoms with van der Waals surface area (Å²) in [5.74, 6) is -0.715. The van der Waals surface area contributed by atoms with E-state index in [-0.39, 0.29) is 27.9 Å². The van der Waals surface area contributed by atoms with Crippen molar-refractivity contribution < 1.29 is 17.9 Å². The number of rotatable bonds is 3. The zero-order valence-electron chi connectivity index (χ0n) is 10.5. The third-order valence-corrected chi connectivity index (χ3v) is 2.88. The summed E-state index contributed by atoms with van der Waals surface area (Å²) in [5.41, 5.74) is 4.63. The van der Waals surface area contributed by atoms with Crippen LogP contribution in [0.4, 0.5) is 13.2 Å². The molecule has 21 heavy (non-hydrogen) atoms. The first kappa shape index (κ1) is 15.2. The Balaban J connectivity index is 2.49. The van der Waals surface area contributed by atoms with Crippen molar-refractivity contribution in [2.45, 2.75) is 6.18 Å². The molecule has 2 aromatic rings. The SMILES string of the molecule is N=C(N)c1ccc(Cl)cc1Oc1ccccc1C(F)(F)F. The standard InChI is InChI=1S/C14H10ClF3N2O/c15-8-5-6-9(13(19)20)12(7-8)21-11-4-2-1-3-10(11)14(16,17)18/h1-7H,(H3,19,20). The van der Waals surface area contributed by atoms with Crippen LogP contribution in [0.5, 0.6) is 11.5 Å². The Kier molecular flexibility index (Phi) is 4.09. The van der Waals surface area contributed by atoms with Gasteiger partial charge in [-0.2, -0.15) is 13.2 Å². The number of nitrogens with one attached hydrogen (secondary N) is 1. The van der Waals surface area contributed by atoms with Crippen LogP contribution in [0.2, 0.25) is 5.02 Å². The van der Waals surface area contributed by atoms with Gasteiger partial charge in [0.1, 0.15) is 17.3 Å². The number of benzene rings is 2. The van der Waals surface area contributed by atoms with Crippen molar-refractivity contribution in [2.75, 3.05) is 0 Å². The molecule has 7 heteroatoms. The smallest absolute Gasteiger partial charge is 0.419 e. The van der Waals surface area contributed by atoms with Crippen LogP contribution in [0, 0.1) is 5.41 Å². The van der Waals surface area contributed by atoms with Crippen molar-refractivity contribution in [3.8, 4) is 11.5 Å². The Bertz CT molecular complexity index is 686. The lowest BCUT2D eigenvalue weighted by atomic mass is 10.1. The molecule has 0 heterocycles. The molecule has 0 radical (unpaired) electrons. The zero-order valence-corrected chi connectivity index (χ0v) is 11.3. The number of nitrogens with two attached hydrogens (primary N) is 1. The first-order valence-corrected chi connectivity index (χ1v) is 6.15. The Morgan fingerprint density at radius 3 is 2.38 bits per heavy atom. The summed E-state index contributed by atoms with van der Waals surface area (Å²) in [6.07, 6.45) is -4.55. The molecular formula is C14H10ClF3N2O. The average molecular weight is 315 g/mol. The highest BCUT2D eigenvalue weighted by atomic mass is 35.5. The van der Waals surface area contributed by atoms with E-state index in [1.54, 1.807) is 0 Å². The van der Waals surface area contributed by atoms with Gasteiger partial charge in [0, 0.05) is 11.1 Å². The van der Waals surface area contributed by atoms with Crippen LogP contribution in [-0.4, -0.2) is 5.84 Å². The number of para-hydroxylation sites is 1. The highest BCUT2D eigenvalue weighted by Gasteiger charge is 2.34. The van der Waals surface area contributed by atoms with Crippen molar-refractivity contribution in [1.82, 2.24) is 0 Å². The van der Waals surface area contributed by atoms with Crippen LogP contribution >= 0.6 is 11.6 Å². The summed E-state index contributed by atoms with van der Waals surface area (Å²) < 4.78 is 44.0. The maximum Gasteiger partial charge on any atom is 0.419 e.